The molecule has 74 valence electrons. The van der Waals surface area contributed by atoms with Crippen LogP contribution >= 0.6 is 0 Å². The molecule has 0 radical (unpaired) electrons. The third-order valence-electron chi connectivity index (χ3n) is 3.52. The van der Waals surface area contributed by atoms with Crippen LogP contribution in [0.25, 0.3) is 0 Å². The Kier molecular flexibility index (Phi) is 2.97. The predicted octanol–water partition coefficient (Wildman–Crippen LogP) is 2.74. The molecular weight excluding hydrogens is 158 g/mol. The summed E-state index contributed by atoms with van der Waals surface area (Å²) in [6.45, 7) is 9.12. The molecule has 1 heteroatoms. The first kappa shape index (κ1) is 10.5. The van der Waals surface area contributed by atoms with Crippen LogP contribution in [0.3, 0.4) is 0 Å². The SMILES string of the molecule is CC(C)C(C)(C)C1C=CC=CC1N. The smallest absolute Gasteiger partial charge is 0.0296 e. The first-order chi connectivity index (χ1) is 5.96. The van der Waals surface area contributed by atoms with Crippen LogP contribution in [0.15, 0.2) is 24.3 Å². The second kappa shape index (κ2) is 3.67. The van der Waals surface area contributed by atoms with E-state index in [9.17, 15) is 0 Å². The number of nitrogens with two attached hydrogens (primary N) is 1. The molecule has 0 amide bonds. The molecule has 0 aliphatic heterocycles. The maximum Gasteiger partial charge on any atom is 0.0296 e. The Labute approximate surface area is 81.7 Å². The van der Waals surface area contributed by atoms with Gasteiger partial charge in [0.05, 0.1) is 0 Å². The largest absolute Gasteiger partial charge is 0.324 e. The summed E-state index contributed by atoms with van der Waals surface area (Å²) in [6, 6.07) is 0.183. The van der Waals surface area contributed by atoms with Gasteiger partial charge in [0.25, 0.3) is 0 Å². The van der Waals surface area contributed by atoms with Gasteiger partial charge >= 0.3 is 0 Å². The second-order valence-electron chi connectivity index (χ2n) is 4.85. The summed E-state index contributed by atoms with van der Waals surface area (Å²) >= 11 is 0. The van der Waals surface area contributed by atoms with Crippen molar-refractivity contribution >= 4 is 0 Å². The quantitative estimate of drug-likeness (QED) is 0.693. The van der Waals surface area contributed by atoms with E-state index in [0.717, 1.165) is 0 Å². The van der Waals surface area contributed by atoms with E-state index in [1.54, 1.807) is 0 Å². The van der Waals surface area contributed by atoms with Crippen molar-refractivity contribution in [2.45, 2.75) is 33.7 Å². The molecule has 1 aliphatic rings. The minimum Gasteiger partial charge on any atom is -0.324 e. The Balaban J connectivity index is 2.82. The van der Waals surface area contributed by atoms with Crippen LogP contribution in [0.1, 0.15) is 27.7 Å². The van der Waals surface area contributed by atoms with Crippen LogP contribution < -0.4 is 5.73 Å². The molecule has 0 fully saturated rings. The minimum absolute atomic E-state index is 0.183. The van der Waals surface area contributed by atoms with Crippen molar-refractivity contribution in [3.8, 4) is 0 Å². The van der Waals surface area contributed by atoms with Crippen LogP contribution in [-0.4, -0.2) is 6.04 Å². The van der Waals surface area contributed by atoms with Gasteiger partial charge in [0, 0.05) is 12.0 Å². The van der Waals surface area contributed by atoms with E-state index in [1.807, 2.05) is 6.08 Å². The summed E-state index contributed by atoms with van der Waals surface area (Å²) in [5, 5.41) is 0. The molecule has 0 aromatic carbocycles. The fourth-order valence-electron chi connectivity index (χ4n) is 1.75. The molecule has 0 heterocycles. The first-order valence-corrected chi connectivity index (χ1v) is 5.07. The van der Waals surface area contributed by atoms with Crippen molar-refractivity contribution in [2.24, 2.45) is 23.0 Å². The lowest BCUT2D eigenvalue weighted by Gasteiger charge is -2.39. The maximum atomic E-state index is 6.06. The average molecular weight is 179 g/mol. The van der Waals surface area contributed by atoms with Gasteiger partial charge in [0.1, 0.15) is 0 Å². The third kappa shape index (κ3) is 2.02. The van der Waals surface area contributed by atoms with Gasteiger partial charge in [-0.2, -0.15) is 0 Å². The summed E-state index contributed by atoms with van der Waals surface area (Å²) in [5.41, 5.74) is 6.34. The Morgan fingerprint density at radius 3 is 2.15 bits per heavy atom. The molecule has 1 nitrogen and oxygen atoms in total. The number of allylic oxidation sites excluding steroid dienone is 2. The Hall–Kier alpha value is -0.560. The monoisotopic (exact) mass is 179 g/mol. The van der Waals surface area contributed by atoms with Crippen LogP contribution in [0.2, 0.25) is 0 Å². The van der Waals surface area contributed by atoms with E-state index in [4.69, 9.17) is 5.73 Å². The maximum absolute atomic E-state index is 6.06. The summed E-state index contributed by atoms with van der Waals surface area (Å²) in [5.74, 6) is 1.12. The fraction of sp³-hybridized carbons (Fsp3) is 0.667. The van der Waals surface area contributed by atoms with Crippen molar-refractivity contribution in [3.05, 3.63) is 24.3 Å². The van der Waals surface area contributed by atoms with Crippen molar-refractivity contribution < 1.29 is 0 Å². The van der Waals surface area contributed by atoms with Crippen LogP contribution in [0, 0.1) is 17.3 Å². The fourth-order valence-corrected chi connectivity index (χ4v) is 1.75. The lowest BCUT2D eigenvalue weighted by atomic mass is 9.67. The van der Waals surface area contributed by atoms with E-state index in [0.29, 0.717) is 11.8 Å². The number of hydrogen-bond acceptors (Lipinski definition) is 1. The Bertz CT molecular complexity index is 223. The summed E-state index contributed by atoms with van der Waals surface area (Å²) < 4.78 is 0. The lowest BCUT2D eigenvalue weighted by molar-refractivity contribution is 0.160. The highest BCUT2D eigenvalue weighted by Crippen LogP contribution is 2.38. The molecule has 0 saturated heterocycles. The van der Waals surface area contributed by atoms with Crippen molar-refractivity contribution in [1.82, 2.24) is 0 Å². The molecule has 1 aliphatic carbocycles. The molecule has 13 heavy (non-hydrogen) atoms. The molecule has 0 bridgehead atoms. The van der Waals surface area contributed by atoms with Gasteiger partial charge in [-0.05, 0) is 11.3 Å². The third-order valence-corrected chi connectivity index (χ3v) is 3.52. The summed E-state index contributed by atoms with van der Waals surface area (Å²) in [7, 11) is 0. The Morgan fingerprint density at radius 2 is 1.69 bits per heavy atom. The highest BCUT2D eigenvalue weighted by Gasteiger charge is 2.34. The molecule has 0 aromatic heterocycles. The van der Waals surface area contributed by atoms with Crippen LogP contribution in [0.4, 0.5) is 0 Å². The van der Waals surface area contributed by atoms with E-state index in [-0.39, 0.29) is 11.5 Å². The molecule has 0 saturated carbocycles. The molecule has 2 unspecified atom stereocenters. The highest BCUT2D eigenvalue weighted by atomic mass is 14.7. The van der Waals surface area contributed by atoms with Gasteiger partial charge in [-0.3, -0.25) is 0 Å². The zero-order chi connectivity index (χ0) is 10.1. The lowest BCUT2D eigenvalue weighted by Crippen LogP contribution is -2.41. The summed E-state index contributed by atoms with van der Waals surface area (Å²) in [4.78, 5) is 0. The van der Waals surface area contributed by atoms with E-state index < -0.39 is 0 Å². The van der Waals surface area contributed by atoms with Crippen molar-refractivity contribution in [2.75, 3.05) is 0 Å². The highest BCUT2D eigenvalue weighted by molar-refractivity contribution is 5.19. The van der Waals surface area contributed by atoms with Gasteiger partial charge in [-0.1, -0.05) is 52.0 Å². The average Bonchev–Trinajstić information content (AvgIpc) is 2.04. The standard InChI is InChI=1S/C12H21N/c1-9(2)12(3,4)10-7-5-6-8-11(10)13/h5-11H,13H2,1-4H3. The van der Waals surface area contributed by atoms with E-state index in [2.05, 4.69) is 45.9 Å². The normalized spacial score (nSPS) is 28.5. The van der Waals surface area contributed by atoms with E-state index >= 15 is 0 Å². The molecule has 2 atom stereocenters. The minimum atomic E-state index is 0.183. The predicted molar refractivity (Wildman–Crippen MR) is 58.4 cm³/mol. The molecular formula is C12H21N. The van der Waals surface area contributed by atoms with Gasteiger partial charge in [0.15, 0.2) is 0 Å². The second-order valence-corrected chi connectivity index (χ2v) is 4.85. The first-order valence-electron chi connectivity index (χ1n) is 5.07. The Morgan fingerprint density at radius 1 is 1.15 bits per heavy atom. The van der Waals surface area contributed by atoms with Gasteiger partial charge in [-0.25, -0.2) is 0 Å². The molecule has 0 aromatic rings. The molecule has 0 spiro atoms. The van der Waals surface area contributed by atoms with Crippen LogP contribution in [-0.2, 0) is 0 Å². The van der Waals surface area contributed by atoms with E-state index in [1.165, 1.54) is 0 Å². The van der Waals surface area contributed by atoms with Gasteiger partial charge in [0.2, 0.25) is 0 Å². The summed E-state index contributed by atoms with van der Waals surface area (Å²) in [6.07, 6.45) is 8.48. The van der Waals surface area contributed by atoms with Crippen LogP contribution in [0.5, 0.6) is 0 Å². The van der Waals surface area contributed by atoms with Gasteiger partial charge in [-0.15, -0.1) is 0 Å². The molecule has 2 N–H and O–H groups in total. The van der Waals surface area contributed by atoms with Crippen molar-refractivity contribution in [1.29, 1.82) is 0 Å². The zero-order valence-electron chi connectivity index (χ0n) is 9.12. The zero-order valence-corrected chi connectivity index (χ0v) is 9.12. The molecule has 1 rings (SSSR count). The topological polar surface area (TPSA) is 26.0 Å². The number of rotatable bonds is 2. The number of hydrogen-bond donors (Lipinski definition) is 1. The van der Waals surface area contributed by atoms with Crippen molar-refractivity contribution in [3.63, 3.8) is 0 Å². The van der Waals surface area contributed by atoms with Gasteiger partial charge < -0.3 is 5.73 Å².